The highest BCUT2D eigenvalue weighted by molar-refractivity contribution is 5.80. The first kappa shape index (κ1) is 20.0. The normalized spacial score (nSPS) is 23.6. The first-order valence-electron chi connectivity index (χ1n) is 10.6. The Bertz CT molecular complexity index is 616. The Morgan fingerprint density at radius 1 is 1.30 bits per heavy atom. The van der Waals surface area contributed by atoms with E-state index in [0.717, 1.165) is 43.7 Å². The van der Waals surface area contributed by atoms with Gasteiger partial charge >= 0.3 is 0 Å². The molecular formula is C22H36N4O. The summed E-state index contributed by atoms with van der Waals surface area (Å²) in [6.45, 7) is 12.9. The van der Waals surface area contributed by atoms with Crippen LogP contribution in [0, 0.1) is 11.8 Å². The molecule has 0 radical (unpaired) electrons. The number of hydrogen-bond acceptors (Lipinski definition) is 3. The van der Waals surface area contributed by atoms with E-state index < -0.39 is 0 Å². The van der Waals surface area contributed by atoms with Gasteiger partial charge in [0, 0.05) is 38.2 Å². The summed E-state index contributed by atoms with van der Waals surface area (Å²) < 4.78 is 5.79. The summed E-state index contributed by atoms with van der Waals surface area (Å²) in [4.78, 5) is 7.56. The van der Waals surface area contributed by atoms with Gasteiger partial charge in [0.15, 0.2) is 5.96 Å². The molecule has 1 fully saturated rings. The number of fused-ring (bicyclic) bond motifs is 1. The predicted molar refractivity (Wildman–Crippen MR) is 112 cm³/mol. The molecule has 2 unspecified atom stereocenters. The number of likely N-dealkylation sites (tertiary alicyclic amines) is 1. The third-order valence-electron chi connectivity index (χ3n) is 5.35. The van der Waals surface area contributed by atoms with Crippen molar-refractivity contribution in [3.05, 3.63) is 29.8 Å². The molecule has 1 aromatic carbocycles. The fourth-order valence-electron chi connectivity index (χ4n) is 4.18. The zero-order chi connectivity index (χ0) is 19.1. The number of aliphatic imine (C=N–C) groups is 1. The molecule has 2 aliphatic rings. The zero-order valence-corrected chi connectivity index (χ0v) is 17.2. The Hall–Kier alpha value is -1.75. The van der Waals surface area contributed by atoms with E-state index in [1.807, 2.05) is 6.07 Å². The van der Waals surface area contributed by atoms with Crippen LogP contribution in [0.15, 0.2) is 29.3 Å². The largest absolute Gasteiger partial charge is 0.493 e. The molecule has 27 heavy (non-hydrogen) atoms. The molecule has 0 bridgehead atoms. The minimum Gasteiger partial charge on any atom is -0.493 e. The summed E-state index contributed by atoms with van der Waals surface area (Å²) in [5.74, 6) is 3.32. The van der Waals surface area contributed by atoms with E-state index in [4.69, 9.17) is 9.73 Å². The van der Waals surface area contributed by atoms with E-state index in [0.29, 0.717) is 5.92 Å². The third-order valence-corrected chi connectivity index (χ3v) is 5.35. The summed E-state index contributed by atoms with van der Waals surface area (Å²) >= 11 is 0. The van der Waals surface area contributed by atoms with Crippen molar-refractivity contribution in [2.45, 2.75) is 46.1 Å². The van der Waals surface area contributed by atoms with Crippen molar-refractivity contribution in [3.63, 3.8) is 0 Å². The quantitative estimate of drug-likeness (QED) is 0.593. The number of piperidine rings is 1. The van der Waals surface area contributed by atoms with Crippen LogP contribution < -0.4 is 15.4 Å². The molecule has 5 nitrogen and oxygen atoms in total. The van der Waals surface area contributed by atoms with Crippen molar-refractivity contribution in [1.82, 2.24) is 15.5 Å². The highest BCUT2D eigenvalue weighted by Crippen LogP contribution is 2.31. The van der Waals surface area contributed by atoms with Gasteiger partial charge in [-0.1, -0.05) is 32.0 Å². The van der Waals surface area contributed by atoms with Gasteiger partial charge < -0.3 is 20.3 Å². The van der Waals surface area contributed by atoms with Gasteiger partial charge in [-0.25, -0.2) is 0 Å². The number of ether oxygens (including phenoxy) is 1. The van der Waals surface area contributed by atoms with Crippen LogP contribution in [0.2, 0.25) is 0 Å². The van der Waals surface area contributed by atoms with Crippen molar-refractivity contribution in [1.29, 1.82) is 0 Å². The molecule has 0 aromatic heterocycles. The van der Waals surface area contributed by atoms with Crippen LogP contribution in [0.5, 0.6) is 5.75 Å². The Morgan fingerprint density at radius 2 is 2.15 bits per heavy atom. The van der Waals surface area contributed by atoms with E-state index in [1.165, 1.54) is 38.0 Å². The molecule has 2 heterocycles. The highest BCUT2D eigenvalue weighted by Gasteiger charge is 2.23. The maximum Gasteiger partial charge on any atom is 0.191 e. The van der Waals surface area contributed by atoms with Crippen molar-refractivity contribution in [2.75, 3.05) is 39.3 Å². The van der Waals surface area contributed by atoms with Crippen LogP contribution >= 0.6 is 0 Å². The first-order chi connectivity index (χ1) is 13.2. The van der Waals surface area contributed by atoms with Gasteiger partial charge in [-0.2, -0.15) is 0 Å². The molecule has 5 heteroatoms. The van der Waals surface area contributed by atoms with Crippen LogP contribution in [0.1, 0.15) is 51.6 Å². The summed E-state index contributed by atoms with van der Waals surface area (Å²) in [5, 5.41) is 7.07. The number of nitrogens with one attached hydrogen (secondary N) is 2. The lowest BCUT2D eigenvalue weighted by atomic mass is 9.97. The second-order valence-electron chi connectivity index (χ2n) is 8.25. The van der Waals surface area contributed by atoms with E-state index in [9.17, 15) is 0 Å². The fourth-order valence-corrected chi connectivity index (χ4v) is 4.18. The van der Waals surface area contributed by atoms with Gasteiger partial charge in [0.2, 0.25) is 0 Å². The molecule has 0 saturated carbocycles. The van der Waals surface area contributed by atoms with Gasteiger partial charge in [-0.15, -0.1) is 0 Å². The van der Waals surface area contributed by atoms with Crippen LogP contribution in [0.4, 0.5) is 0 Å². The molecule has 2 aliphatic heterocycles. The highest BCUT2D eigenvalue weighted by atomic mass is 16.5. The van der Waals surface area contributed by atoms with Crippen LogP contribution in [0.25, 0.3) is 0 Å². The standard InChI is InChI=1S/C22H36N4O/c1-4-23-22(24-14-18-8-7-12-26(16-18)15-17(2)3)25-20-11-13-27-21-10-6-5-9-19(20)21/h5-6,9-10,17-18,20H,4,7-8,11-16H2,1-3H3,(H2,23,24,25). The first-order valence-corrected chi connectivity index (χ1v) is 10.6. The molecule has 2 atom stereocenters. The van der Waals surface area contributed by atoms with Crippen molar-refractivity contribution in [2.24, 2.45) is 16.8 Å². The number of benzene rings is 1. The van der Waals surface area contributed by atoms with Gasteiger partial charge in [0.25, 0.3) is 0 Å². The third kappa shape index (κ3) is 5.86. The van der Waals surface area contributed by atoms with E-state index in [1.54, 1.807) is 0 Å². The summed E-state index contributed by atoms with van der Waals surface area (Å²) in [5.41, 5.74) is 1.23. The fraction of sp³-hybridized carbons (Fsp3) is 0.682. The Kier molecular flexibility index (Phi) is 7.39. The van der Waals surface area contributed by atoms with E-state index in [-0.39, 0.29) is 6.04 Å². The average molecular weight is 373 g/mol. The Labute approximate surface area is 164 Å². The second-order valence-corrected chi connectivity index (χ2v) is 8.25. The number of guanidine groups is 1. The van der Waals surface area contributed by atoms with Crippen molar-refractivity contribution < 1.29 is 4.74 Å². The lowest BCUT2D eigenvalue weighted by Crippen LogP contribution is -2.42. The molecule has 150 valence electrons. The maximum absolute atomic E-state index is 5.79. The van der Waals surface area contributed by atoms with Crippen LogP contribution in [0.3, 0.4) is 0 Å². The maximum atomic E-state index is 5.79. The number of nitrogens with zero attached hydrogens (tertiary/aromatic N) is 2. The van der Waals surface area contributed by atoms with Crippen LogP contribution in [-0.2, 0) is 0 Å². The van der Waals surface area contributed by atoms with E-state index >= 15 is 0 Å². The molecule has 3 rings (SSSR count). The number of para-hydroxylation sites is 1. The zero-order valence-electron chi connectivity index (χ0n) is 17.2. The van der Waals surface area contributed by atoms with Crippen molar-refractivity contribution in [3.8, 4) is 5.75 Å². The summed E-state index contributed by atoms with van der Waals surface area (Å²) in [6.07, 6.45) is 3.55. The van der Waals surface area contributed by atoms with E-state index in [2.05, 4.69) is 54.5 Å². The average Bonchev–Trinajstić information content (AvgIpc) is 2.66. The number of hydrogen-bond donors (Lipinski definition) is 2. The van der Waals surface area contributed by atoms with Gasteiger partial charge in [0.1, 0.15) is 5.75 Å². The lowest BCUT2D eigenvalue weighted by molar-refractivity contribution is 0.162. The monoisotopic (exact) mass is 372 g/mol. The molecule has 0 aliphatic carbocycles. The molecule has 1 saturated heterocycles. The minimum absolute atomic E-state index is 0.261. The topological polar surface area (TPSA) is 48.9 Å². The van der Waals surface area contributed by atoms with Gasteiger partial charge in [-0.3, -0.25) is 4.99 Å². The second kappa shape index (κ2) is 9.98. The van der Waals surface area contributed by atoms with Crippen molar-refractivity contribution >= 4 is 5.96 Å². The minimum atomic E-state index is 0.261. The molecule has 0 spiro atoms. The Balaban J connectivity index is 1.60. The molecule has 0 amide bonds. The van der Waals surface area contributed by atoms with Gasteiger partial charge in [0.05, 0.1) is 12.6 Å². The molecular weight excluding hydrogens is 336 g/mol. The molecule has 1 aromatic rings. The Morgan fingerprint density at radius 3 is 2.96 bits per heavy atom. The molecule has 2 N–H and O–H groups in total. The SMILES string of the molecule is CCNC(=NCC1CCCN(CC(C)C)C1)NC1CCOc2ccccc21. The summed E-state index contributed by atoms with van der Waals surface area (Å²) in [7, 11) is 0. The lowest BCUT2D eigenvalue weighted by Gasteiger charge is -2.33. The van der Waals surface area contributed by atoms with Crippen LogP contribution in [-0.4, -0.2) is 50.2 Å². The van der Waals surface area contributed by atoms with Gasteiger partial charge in [-0.05, 0) is 44.2 Å². The smallest absolute Gasteiger partial charge is 0.191 e. The predicted octanol–water partition coefficient (Wildman–Crippen LogP) is 3.43. The number of rotatable bonds is 6. The summed E-state index contributed by atoms with van der Waals surface area (Å²) in [6, 6.07) is 8.58.